The molecule has 0 aromatic carbocycles. The van der Waals surface area contributed by atoms with Crippen molar-refractivity contribution in [1.29, 1.82) is 0 Å². The maximum atomic E-state index is 12.2. The number of likely N-dealkylation sites (tertiary alicyclic amines) is 1. The lowest BCUT2D eigenvalue weighted by Gasteiger charge is -2.42. The first-order chi connectivity index (χ1) is 11.5. The van der Waals surface area contributed by atoms with Crippen molar-refractivity contribution in [2.24, 2.45) is 23.7 Å². The van der Waals surface area contributed by atoms with E-state index >= 15 is 0 Å². The van der Waals surface area contributed by atoms with Gasteiger partial charge in [0, 0.05) is 11.6 Å². The summed E-state index contributed by atoms with van der Waals surface area (Å²) in [5, 5.41) is 4.01. The van der Waals surface area contributed by atoms with Gasteiger partial charge in [0.25, 0.3) is 0 Å². The van der Waals surface area contributed by atoms with Gasteiger partial charge < -0.3 is 4.79 Å². The summed E-state index contributed by atoms with van der Waals surface area (Å²) in [7, 11) is 0. The fourth-order valence-corrected chi connectivity index (χ4v) is 6.88. The van der Waals surface area contributed by atoms with Crippen LogP contribution in [0, 0.1) is 23.7 Å². The smallest absolute Gasteiger partial charge is 0.137 e. The molecule has 4 aliphatic rings. The summed E-state index contributed by atoms with van der Waals surface area (Å²) in [4.78, 5) is 14.8. The lowest BCUT2D eigenvalue weighted by molar-refractivity contribution is -0.116. The second-order valence-corrected chi connectivity index (χ2v) is 9.92. The van der Waals surface area contributed by atoms with Crippen molar-refractivity contribution in [3.63, 3.8) is 0 Å². The molecule has 6 unspecified atom stereocenters. The topological polar surface area (TPSA) is 32.3 Å². The van der Waals surface area contributed by atoms with Crippen LogP contribution in [0.1, 0.15) is 78.6 Å². The molecule has 0 radical (unpaired) electrons. The molecule has 0 aromatic rings. The van der Waals surface area contributed by atoms with Gasteiger partial charge in [-0.2, -0.15) is 0 Å². The van der Waals surface area contributed by atoms with Crippen LogP contribution in [0.3, 0.4) is 0 Å². The van der Waals surface area contributed by atoms with Crippen molar-refractivity contribution in [1.82, 2.24) is 10.2 Å². The van der Waals surface area contributed by atoms with E-state index in [-0.39, 0.29) is 11.6 Å². The van der Waals surface area contributed by atoms with Gasteiger partial charge in [0.2, 0.25) is 0 Å². The Labute approximate surface area is 147 Å². The van der Waals surface area contributed by atoms with E-state index in [1.54, 1.807) is 0 Å². The van der Waals surface area contributed by atoms with Gasteiger partial charge in [-0.15, -0.1) is 0 Å². The first kappa shape index (κ1) is 17.0. The highest BCUT2D eigenvalue weighted by atomic mass is 16.1. The van der Waals surface area contributed by atoms with Crippen molar-refractivity contribution in [2.75, 3.05) is 0 Å². The Balaban J connectivity index is 1.70. The lowest BCUT2D eigenvalue weighted by Crippen LogP contribution is -2.55. The van der Waals surface area contributed by atoms with E-state index < -0.39 is 0 Å². The Bertz CT molecular complexity index is 465. The van der Waals surface area contributed by atoms with E-state index in [2.05, 4.69) is 31.0 Å². The van der Waals surface area contributed by atoms with Crippen LogP contribution >= 0.6 is 0 Å². The van der Waals surface area contributed by atoms with Gasteiger partial charge in [0.1, 0.15) is 6.29 Å². The van der Waals surface area contributed by atoms with Crippen LogP contribution in [0.15, 0.2) is 0 Å². The molecule has 2 heterocycles. The molecule has 3 heteroatoms. The summed E-state index contributed by atoms with van der Waals surface area (Å²) < 4.78 is 0. The van der Waals surface area contributed by atoms with Crippen LogP contribution in [-0.4, -0.2) is 35.0 Å². The molecular formula is C21H36N2O. The second-order valence-electron chi connectivity index (χ2n) is 9.92. The zero-order valence-electron chi connectivity index (χ0n) is 15.8. The number of aldehydes is 1. The summed E-state index contributed by atoms with van der Waals surface area (Å²) in [5.41, 5.74) is 0.0540. The summed E-state index contributed by atoms with van der Waals surface area (Å²) in [6.45, 7) is 6.90. The second kappa shape index (κ2) is 6.39. The Morgan fingerprint density at radius 1 is 0.917 bits per heavy atom. The predicted octanol–water partition coefficient (Wildman–Crippen LogP) is 3.97. The fourth-order valence-electron chi connectivity index (χ4n) is 6.88. The highest BCUT2D eigenvalue weighted by molar-refractivity contribution is 5.60. The zero-order valence-corrected chi connectivity index (χ0v) is 15.8. The predicted molar refractivity (Wildman–Crippen MR) is 97.7 cm³/mol. The summed E-state index contributed by atoms with van der Waals surface area (Å²) in [6, 6.07) is 0.829. The minimum Gasteiger partial charge on any atom is -0.302 e. The molecule has 2 aliphatic carbocycles. The normalized spacial score (nSPS) is 44.3. The monoisotopic (exact) mass is 332 g/mol. The van der Waals surface area contributed by atoms with Crippen LogP contribution in [0.5, 0.6) is 0 Å². The van der Waals surface area contributed by atoms with Gasteiger partial charge in [-0.1, -0.05) is 44.9 Å². The number of carbonyl (C=O) groups is 1. The molecule has 0 amide bonds. The molecule has 136 valence electrons. The Hall–Kier alpha value is -0.410. The Morgan fingerprint density at radius 2 is 1.58 bits per heavy atom. The number of hydrogen-bond acceptors (Lipinski definition) is 3. The van der Waals surface area contributed by atoms with Gasteiger partial charge in [0.15, 0.2) is 0 Å². The number of fused-ring (bicyclic) bond motifs is 3. The largest absolute Gasteiger partial charge is 0.302 e. The van der Waals surface area contributed by atoms with Crippen molar-refractivity contribution in [2.45, 2.75) is 102 Å². The van der Waals surface area contributed by atoms with Gasteiger partial charge >= 0.3 is 0 Å². The van der Waals surface area contributed by atoms with Crippen molar-refractivity contribution in [3.8, 4) is 0 Å². The number of rotatable bonds is 2. The first-order valence-electron chi connectivity index (χ1n) is 10.5. The summed E-state index contributed by atoms with van der Waals surface area (Å²) in [6.07, 6.45) is 14.1. The van der Waals surface area contributed by atoms with Gasteiger partial charge in [-0.3, -0.25) is 10.2 Å². The number of hydrogen-bond donors (Lipinski definition) is 1. The molecule has 2 aliphatic heterocycles. The van der Waals surface area contributed by atoms with Crippen molar-refractivity contribution < 1.29 is 4.79 Å². The van der Waals surface area contributed by atoms with E-state index in [0.717, 1.165) is 11.8 Å². The molecule has 0 aromatic heterocycles. The van der Waals surface area contributed by atoms with Gasteiger partial charge in [0.05, 0.1) is 12.2 Å². The van der Waals surface area contributed by atoms with E-state index in [0.29, 0.717) is 24.0 Å². The maximum Gasteiger partial charge on any atom is 0.137 e. The molecule has 3 nitrogen and oxygen atoms in total. The van der Waals surface area contributed by atoms with E-state index in [1.807, 2.05) is 0 Å². The molecule has 2 saturated carbocycles. The van der Waals surface area contributed by atoms with Crippen molar-refractivity contribution in [3.05, 3.63) is 0 Å². The number of carbonyl (C=O) groups excluding carboxylic acids is 1. The lowest BCUT2D eigenvalue weighted by atomic mass is 9.67. The quantitative estimate of drug-likeness (QED) is 0.777. The molecule has 4 fully saturated rings. The molecule has 24 heavy (non-hydrogen) atoms. The molecule has 6 atom stereocenters. The summed E-state index contributed by atoms with van der Waals surface area (Å²) in [5.74, 6) is 2.88. The van der Waals surface area contributed by atoms with Crippen molar-refractivity contribution >= 4 is 6.29 Å². The fraction of sp³-hybridized carbons (Fsp3) is 0.952. The van der Waals surface area contributed by atoms with Gasteiger partial charge in [-0.05, 0) is 57.3 Å². The highest BCUT2D eigenvalue weighted by Crippen LogP contribution is 2.54. The van der Waals surface area contributed by atoms with Crippen LogP contribution in [-0.2, 0) is 4.79 Å². The SMILES string of the molecule is CC(C)(C)N1C(C=O)C(C2CCCCC2)C2C3CCCCC3NC21. The highest BCUT2D eigenvalue weighted by Gasteiger charge is 2.61. The van der Waals surface area contributed by atoms with E-state index in [4.69, 9.17) is 0 Å². The maximum absolute atomic E-state index is 12.2. The standard InChI is InChI=1S/C21H36N2O/c1-21(2,3)23-17(13-24)18(14-9-5-4-6-10-14)19-15-11-7-8-12-16(15)22-20(19)23/h13-20,22H,4-12H2,1-3H3. The molecule has 0 bridgehead atoms. The van der Waals surface area contributed by atoms with Crippen LogP contribution < -0.4 is 5.32 Å². The average molecular weight is 333 g/mol. The summed E-state index contributed by atoms with van der Waals surface area (Å²) >= 11 is 0. The third kappa shape index (κ3) is 2.67. The zero-order chi connectivity index (χ0) is 16.9. The molecule has 2 saturated heterocycles. The third-order valence-electron chi connectivity index (χ3n) is 7.63. The Kier molecular flexibility index (Phi) is 4.53. The minimum atomic E-state index is 0.0540. The average Bonchev–Trinajstić information content (AvgIpc) is 3.08. The van der Waals surface area contributed by atoms with Crippen LogP contribution in [0.25, 0.3) is 0 Å². The molecular weight excluding hydrogens is 296 g/mol. The molecule has 0 spiro atoms. The van der Waals surface area contributed by atoms with E-state index in [9.17, 15) is 4.79 Å². The Morgan fingerprint density at radius 3 is 2.25 bits per heavy atom. The molecule has 1 N–H and O–H groups in total. The minimum absolute atomic E-state index is 0.0540. The van der Waals surface area contributed by atoms with E-state index in [1.165, 1.54) is 64.1 Å². The molecule has 4 rings (SSSR count). The van der Waals surface area contributed by atoms with Crippen LogP contribution in [0.4, 0.5) is 0 Å². The third-order valence-corrected chi connectivity index (χ3v) is 7.63. The van der Waals surface area contributed by atoms with Crippen LogP contribution in [0.2, 0.25) is 0 Å². The number of nitrogens with one attached hydrogen (secondary N) is 1. The van der Waals surface area contributed by atoms with Gasteiger partial charge in [-0.25, -0.2) is 0 Å². The first-order valence-corrected chi connectivity index (χ1v) is 10.5. The number of nitrogens with zero attached hydrogens (tertiary/aromatic N) is 1.